The van der Waals surface area contributed by atoms with Crippen molar-refractivity contribution < 1.29 is 13.7 Å². The maximum absolute atomic E-state index is 12.2. The first-order valence-electron chi connectivity index (χ1n) is 3.50. The minimum absolute atomic E-state index is 0.526. The highest BCUT2D eigenvalue weighted by Gasteiger charge is 2.24. The number of halogens is 3. The monoisotopic (exact) mass is 233 g/mol. The first kappa shape index (κ1) is 11.3. The number of nitro groups is 1. The van der Waals surface area contributed by atoms with Gasteiger partial charge in [0, 0.05) is 0 Å². The molecule has 0 aliphatic heterocycles. The quantitative estimate of drug-likeness (QED) is 0.580. The summed E-state index contributed by atoms with van der Waals surface area (Å²) < 4.78 is 24.4. The largest absolute Gasteiger partial charge is 0.324 e. The fourth-order valence-electron chi connectivity index (χ4n) is 0.889. The van der Waals surface area contributed by atoms with Crippen LogP contribution in [0.5, 0.6) is 0 Å². The molecular weight excluding hydrogens is 232 g/mol. The van der Waals surface area contributed by atoms with Crippen LogP contribution < -0.4 is 0 Å². The van der Waals surface area contributed by atoms with Crippen molar-refractivity contribution in [1.29, 1.82) is 5.26 Å². The van der Waals surface area contributed by atoms with Gasteiger partial charge in [-0.1, -0.05) is 11.6 Å². The number of aromatic nitrogens is 1. The Hall–Kier alpha value is -1.81. The Bertz CT molecular complexity index is 458. The highest BCUT2D eigenvalue weighted by Crippen LogP contribution is 2.30. The normalized spacial score (nSPS) is 10.1. The average Bonchev–Trinajstić information content (AvgIpc) is 2.15. The maximum Gasteiger partial charge on any atom is 0.324 e. The van der Waals surface area contributed by atoms with E-state index >= 15 is 0 Å². The van der Waals surface area contributed by atoms with Gasteiger partial charge in [0.25, 0.3) is 6.43 Å². The Labute approximate surface area is 87.1 Å². The van der Waals surface area contributed by atoms with E-state index in [1.165, 1.54) is 6.07 Å². The molecule has 0 aromatic carbocycles. The standard InChI is InChI=1S/C7H2ClF2N3O2/c8-3-1-4(7(9)10)12-5(2-11)6(3)13(14)15/h1,7H. The molecule has 0 aliphatic carbocycles. The predicted octanol–water partition coefficient (Wildman–Crippen LogP) is 2.45. The van der Waals surface area contributed by atoms with Crippen LogP contribution in [-0.2, 0) is 0 Å². The van der Waals surface area contributed by atoms with E-state index in [1.807, 2.05) is 0 Å². The van der Waals surface area contributed by atoms with Gasteiger partial charge in [-0.2, -0.15) is 5.26 Å². The van der Waals surface area contributed by atoms with E-state index in [-0.39, 0.29) is 0 Å². The zero-order valence-corrected chi connectivity index (χ0v) is 7.70. The summed E-state index contributed by atoms with van der Waals surface area (Å²) in [4.78, 5) is 12.6. The molecule has 1 rings (SSSR count). The molecule has 0 fully saturated rings. The van der Waals surface area contributed by atoms with Crippen LogP contribution in [0.25, 0.3) is 0 Å². The van der Waals surface area contributed by atoms with Gasteiger partial charge in [0.1, 0.15) is 16.8 Å². The van der Waals surface area contributed by atoms with Crippen molar-refractivity contribution in [2.75, 3.05) is 0 Å². The fraction of sp³-hybridized carbons (Fsp3) is 0.143. The minimum atomic E-state index is -2.93. The van der Waals surface area contributed by atoms with Crippen molar-refractivity contribution in [2.45, 2.75) is 6.43 Å². The van der Waals surface area contributed by atoms with Gasteiger partial charge in [-0.25, -0.2) is 13.8 Å². The zero-order chi connectivity index (χ0) is 11.6. The molecule has 0 spiro atoms. The molecule has 0 saturated heterocycles. The van der Waals surface area contributed by atoms with Gasteiger partial charge in [-0.15, -0.1) is 0 Å². The van der Waals surface area contributed by atoms with E-state index in [0.29, 0.717) is 6.07 Å². The number of hydrogen-bond acceptors (Lipinski definition) is 4. The molecule has 0 amide bonds. The molecule has 0 atom stereocenters. The Morgan fingerprint density at radius 2 is 2.27 bits per heavy atom. The van der Waals surface area contributed by atoms with Gasteiger partial charge in [-0.3, -0.25) is 10.1 Å². The smallest absolute Gasteiger partial charge is 0.258 e. The third-order valence-corrected chi connectivity index (χ3v) is 1.77. The second kappa shape index (κ2) is 4.14. The summed E-state index contributed by atoms with van der Waals surface area (Å²) in [7, 11) is 0. The van der Waals surface area contributed by atoms with Crippen LogP contribution in [0.1, 0.15) is 17.8 Å². The zero-order valence-electron chi connectivity index (χ0n) is 6.95. The van der Waals surface area contributed by atoms with E-state index in [4.69, 9.17) is 16.9 Å². The lowest BCUT2D eigenvalue weighted by Crippen LogP contribution is -2.00. The lowest BCUT2D eigenvalue weighted by Gasteiger charge is -2.01. The average molecular weight is 234 g/mol. The number of nitrogens with zero attached hydrogens (tertiary/aromatic N) is 3. The van der Waals surface area contributed by atoms with Crippen LogP contribution in [-0.4, -0.2) is 9.91 Å². The second-order valence-corrected chi connectivity index (χ2v) is 2.80. The topological polar surface area (TPSA) is 79.8 Å². The van der Waals surface area contributed by atoms with Gasteiger partial charge in [0.2, 0.25) is 5.69 Å². The van der Waals surface area contributed by atoms with Crippen molar-refractivity contribution in [1.82, 2.24) is 4.98 Å². The number of hydrogen-bond donors (Lipinski definition) is 0. The van der Waals surface area contributed by atoms with Crippen molar-refractivity contribution in [2.24, 2.45) is 0 Å². The Morgan fingerprint density at radius 1 is 1.67 bits per heavy atom. The maximum atomic E-state index is 12.2. The molecule has 0 saturated carbocycles. The summed E-state index contributed by atoms with van der Waals surface area (Å²) in [6, 6.07) is 2.01. The van der Waals surface area contributed by atoms with E-state index < -0.39 is 33.4 Å². The molecule has 1 heterocycles. The summed E-state index contributed by atoms with van der Waals surface area (Å²) in [5.74, 6) is 0. The Kier molecular flexibility index (Phi) is 3.11. The van der Waals surface area contributed by atoms with E-state index in [2.05, 4.69) is 4.98 Å². The van der Waals surface area contributed by atoms with Gasteiger partial charge in [0.05, 0.1) is 4.92 Å². The van der Waals surface area contributed by atoms with Gasteiger partial charge in [-0.05, 0) is 6.07 Å². The third-order valence-electron chi connectivity index (χ3n) is 1.48. The lowest BCUT2D eigenvalue weighted by atomic mass is 10.2. The molecule has 5 nitrogen and oxygen atoms in total. The van der Waals surface area contributed by atoms with Crippen molar-refractivity contribution in [3.63, 3.8) is 0 Å². The van der Waals surface area contributed by atoms with E-state index in [9.17, 15) is 18.9 Å². The van der Waals surface area contributed by atoms with E-state index in [0.717, 1.165) is 0 Å². The molecule has 0 radical (unpaired) electrons. The number of pyridine rings is 1. The SMILES string of the molecule is N#Cc1nc(C(F)F)cc(Cl)c1[N+](=O)[O-]. The Balaban J connectivity index is 3.46. The molecular formula is C7H2ClF2N3O2. The van der Waals surface area contributed by atoms with Crippen LogP contribution >= 0.6 is 11.6 Å². The van der Waals surface area contributed by atoms with Crippen LogP contribution in [0.4, 0.5) is 14.5 Å². The predicted molar refractivity (Wildman–Crippen MR) is 45.6 cm³/mol. The Morgan fingerprint density at radius 3 is 2.67 bits per heavy atom. The molecule has 78 valence electrons. The first-order valence-corrected chi connectivity index (χ1v) is 3.88. The summed E-state index contributed by atoms with van der Waals surface area (Å²) in [6.45, 7) is 0. The second-order valence-electron chi connectivity index (χ2n) is 2.40. The van der Waals surface area contributed by atoms with Gasteiger partial charge in [0.15, 0.2) is 0 Å². The number of nitriles is 1. The van der Waals surface area contributed by atoms with Crippen LogP contribution in [0.3, 0.4) is 0 Å². The number of rotatable bonds is 2. The molecule has 8 heteroatoms. The van der Waals surface area contributed by atoms with Crippen molar-refractivity contribution >= 4 is 17.3 Å². The summed E-state index contributed by atoms with van der Waals surface area (Å²) in [5.41, 5.74) is -2.24. The highest BCUT2D eigenvalue weighted by molar-refractivity contribution is 6.32. The molecule has 1 aromatic rings. The molecule has 0 unspecified atom stereocenters. The van der Waals surface area contributed by atoms with Crippen molar-refractivity contribution in [3.8, 4) is 6.07 Å². The lowest BCUT2D eigenvalue weighted by molar-refractivity contribution is -0.385. The molecule has 0 N–H and O–H groups in total. The molecule has 15 heavy (non-hydrogen) atoms. The van der Waals surface area contributed by atoms with Crippen LogP contribution in [0.2, 0.25) is 5.02 Å². The van der Waals surface area contributed by atoms with Crippen molar-refractivity contribution in [3.05, 3.63) is 32.6 Å². The summed E-state index contributed by atoms with van der Waals surface area (Å²) in [5, 5.41) is 18.4. The van der Waals surface area contributed by atoms with E-state index in [1.54, 1.807) is 0 Å². The first-order chi connectivity index (χ1) is 6.97. The summed E-state index contributed by atoms with van der Waals surface area (Å²) in [6.07, 6.45) is -2.93. The van der Waals surface area contributed by atoms with Gasteiger partial charge < -0.3 is 0 Å². The number of alkyl halides is 2. The molecule has 0 aliphatic rings. The third kappa shape index (κ3) is 2.16. The molecule has 0 bridgehead atoms. The summed E-state index contributed by atoms with van der Waals surface area (Å²) >= 11 is 5.39. The van der Waals surface area contributed by atoms with Gasteiger partial charge >= 0.3 is 5.69 Å². The van der Waals surface area contributed by atoms with Crippen LogP contribution in [0, 0.1) is 21.4 Å². The highest BCUT2D eigenvalue weighted by atomic mass is 35.5. The fourth-order valence-corrected chi connectivity index (χ4v) is 1.16. The molecule has 1 aromatic heterocycles. The minimum Gasteiger partial charge on any atom is -0.258 e. The van der Waals surface area contributed by atoms with Crippen LogP contribution in [0.15, 0.2) is 6.07 Å².